The SMILES string of the molecule is O=c1n(Cc2nc(-c3cccc(F)c3F)no2)nc(-c2ccc(Cl)cc2)n1CC(O)C(F)(F)F. The molecular weight excluding hydrogens is 489 g/mol. The number of aliphatic hydroxyl groups is 1. The van der Waals surface area contributed by atoms with Crippen LogP contribution in [0.25, 0.3) is 22.8 Å². The Morgan fingerprint density at radius 3 is 2.50 bits per heavy atom. The lowest BCUT2D eigenvalue weighted by Gasteiger charge is -2.15. The zero-order valence-electron chi connectivity index (χ0n) is 16.8. The van der Waals surface area contributed by atoms with Gasteiger partial charge in [-0.3, -0.25) is 4.57 Å². The second-order valence-corrected chi connectivity index (χ2v) is 7.49. The van der Waals surface area contributed by atoms with Crippen LogP contribution in [0.2, 0.25) is 5.02 Å². The maximum absolute atomic E-state index is 14.0. The van der Waals surface area contributed by atoms with Crippen molar-refractivity contribution < 1.29 is 31.6 Å². The van der Waals surface area contributed by atoms with Crippen molar-refractivity contribution in [1.82, 2.24) is 24.5 Å². The molecule has 1 unspecified atom stereocenters. The highest BCUT2D eigenvalue weighted by Crippen LogP contribution is 2.25. The van der Waals surface area contributed by atoms with E-state index >= 15 is 0 Å². The van der Waals surface area contributed by atoms with E-state index in [2.05, 4.69) is 15.2 Å². The van der Waals surface area contributed by atoms with E-state index in [-0.39, 0.29) is 28.7 Å². The van der Waals surface area contributed by atoms with Gasteiger partial charge in [-0.2, -0.15) is 18.2 Å². The molecule has 0 aliphatic carbocycles. The molecule has 14 heteroatoms. The first kappa shape index (κ1) is 23.6. The van der Waals surface area contributed by atoms with Gasteiger partial charge in [0.25, 0.3) is 0 Å². The first-order chi connectivity index (χ1) is 16.0. The van der Waals surface area contributed by atoms with Crippen LogP contribution in [-0.2, 0) is 13.1 Å². The van der Waals surface area contributed by atoms with Gasteiger partial charge in [0.05, 0.1) is 12.1 Å². The lowest BCUT2D eigenvalue weighted by Crippen LogP contribution is -2.37. The summed E-state index contributed by atoms with van der Waals surface area (Å²) in [5.74, 6) is -3.06. The van der Waals surface area contributed by atoms with Crippen molar-refractivity contribution >= 4 is 11.6 Å². The van der Waals surface area contributed by atoms with Crippen LogP contribution in [0.1, 0.15) is 5.89 Å². The van der Waals surface area contributed by atoms with Gasteiger partial charge in [-0.15, -0.1) is 5.10 Å². The number of hydrogen-bond acceptors (Lipinski definition) is 6. The zero-order chi connectivity index (χ0) is 24.6. The van der Waals surface area contributed by atoms with Gasteiger partial charge in [-0.1, -0.05) is 22.8 Å². The van der Waals surface area contributed by atoms with E-state index in [9.17, 15) is 31.9 Å². The molecule has 1 N–H and O–H groups in total. The van der Waals surface area contributed by atoms with Crippen molar-refractivity contribution in [2.24, 2.45) is 0 Å². The van der Waals surface area contributed by atoms with Crippen molar-refractivity contribution in [1.29, 1.82) is 0 Å². The van der Waals surface area contributed by atoms with Crippen molar-refractivity contribution in [3.63, 3.8) is 0 Å². The van der Waals surface area contributed by atoms with E-state index in [4.69, 9.17) is 16.1 Å². The van der Waals surface area contributed by atoms with Crippen LogP contribution in [-0.4, -0.2) is 41.9 Å². The summed E-state index contributed by atoms with van der Waals surface area (Å²) in [5.41, 5.74) is -1.05. The van der Waals surface area contributed by atoms with Gasteiger partial charge in [-0.25, -0.2) is 18.3 Å². The maximum atomic E-state index is 14.0. The Bertz CT molecular complexity index is 1380. The number of alkyl halides is 3. The predicted octanol–water partition coefficient (Wildman–Crippen LogP) is 3.66. The fourth-order valence-electron chi connectivity index (χ4n) is 3.03. The topological polar surface area (TPSA) is 99.0 Å². The molecule has 0 spiro atoms. The fourth-order valence-corrected chi connectivity index (χ4v) is 3.16. The van der Waals surface area contributed by atoms with E-state index in [1.54, 1.807) is 0 Å². The number of hydrogen-bond donors (Lipinski definition) is 1. The molecule has 178 valence electrons. The first-order valence-corrected chi connectivity index (χ1v) is 9.87. The van der Waals surface area contributed by atoms with E-state index < -0.39 is 42.7 Å². The minimum atomic E-state index is -4.98. The van der Waals surface area contributed by atoms with E-state index in [1.807, 2.05) is 0 Å². The fraction of sp³-hybridized carbons (Fsp3) is 0.200. The van der Waals surface area contributed by atoms with Crippen molar-refractivity contribution in [3.8, 4) is 22.8 Å². The van der Waals surface area contributed by atoms with Crippen molar-refractivity contribution in [2.45, 2.75) is 25.4 Å². The Kier molecular flexibility index (Phi) is 6.23. The van der Waals surface area contributed by atoms with Crippen LogP contribution >= 0.6 is 11.6 Å². The molecule has 2 aromatic heterocycles. The molecule has 2 aromatic carbocycles. The van der Waals surface area contributed by atoms with Crippen molar-refractivity contribution in [2.75, 3.05) is 0 Å². The highest BCUT2D eigenvalue weighted by atomic mass is 35.5. The van der Waals surface area contributed by atoms with Gasteiger partial charge in [0.1, 0.15) is 6.54 Å². The molecule has 8 nitrogen and oxygen atoms in total. The number of benzene rings is 2. The third kappa shape index (κ3) is 4.70. The normalized spacial score (nSPS) is 12.8. The van der Waals surface area contributed by atoms with E-state index in [1.165, 1.54) is 36.4 Å². The second-order valence-electron chi connectivity index (χ2n) is 7.05. The van der Waals surface area contributed by atoms with Crippen LogP contribution in [0.3, 0.4) is 0 Å². The van der Waals surface area contributed by atoms with E-state index in [0.29, 0.717) is 9.59 Å². The number of halogens is 6. The summed E-state index contributed by atoms with van der Waals surface area (Å²) in [7, 11) is 0. The molecule has 0 bridgehead atoms. The highest BCUT2D eigenvalue weighted by molar-refractivity contribution is 6.30. The van der Waals surface area contributed by atoms with Crippen LogP contribution in [0.5, 0.6) is 0 Å². The third-order valence-corrected chi connectivity index (χ3v) is 4.96. The summed E-state index contributed by atoms with van der Waals surface area (Å²) in [4.78, 5) is 16.7. The molecule has 0 radical (unpaired) electrons. The second kappa shape index (κ2) is 8.99. The van der Waals surface area contributed by atoms with Gasteiger partial charge in [0.15, 0.2) is 23.6 Å². The molecule has 4 rings (SSSR count). The average Bonchev–Trinajstić information content (AvgIpc) is 3.36. The summed E-state index contributed by atoms with van der Waals surface area (Å²) >= 11 is 5.84. The van der Waals surface area contributed by atoms with Gasteiger partial charge in [-0.05, 0) is 36.4 Å². The molecular formula is C20H13ClF5N5O3. The maximum Gasteiger partial charge on any atom is 0.416 e. The van der Waals surface area contributed by atoms with Gasteiger partial charge < -0.3 is 9.63 Å². The quantitative estimate of drug-likeness (QED) is 0.405. The van der Waals surface area contributed by atoms with E-state index in [0.717, 1.165) is 10.7 Å². The molecule has 2 heterocycles. The van der Waals surface area contributed by atoms with Crippen LogP contribution < -0.4 is 5.69 Å². The standard InChI is InChI=1S/C20H13ClF5N5O3/c21-11-6-4-10(5-7-11)18-28-31(19(33)30(18)8-14(32)20(24,25)26)9-15-27-17(29-34-15)12-2-1-3-13(22)16(12)23/h1-7,14,32H,8-9H2. The third-order valence-electron chi connectivity index (χ3n) is 4.70. The molecule has 4 aromatic rings. The minimum Gasteiger partial charge on any atom is -0.382 e. The smallest absolute Gasteiger partial charge is 0.382 e. The summed E-state index contributed by atoms with van der Waals surface area (Å²) in [6.45, 7) is -1.61. The van der Waals surface area contributed by atoms with Gasteiger partial charge >= 0.3 is 11.9 Å². The van der Waals surface area contributed by atoms with Crippen LogP contribution in [0, 0.1) is 11.6 Å². The number of aromatic nitrogens is 5. The molecule has 0 aliphatic rings. The number of aliphatic hydroxyl groups excluding tert-OH is 1. The minimum absolute atomic E-state index is 0.180. The summed E-state index contributed by atoms with van der Waals surface area (Å²) in [6, 6.07) is 9.11. The Balaban J connectivity index is 1.71. The molecule has 0 aliphatic heterocycles. The average molecular weight is 502 g/mol. The van der Waals surface area contributed by atoms with Crippen LogP contribution in [0.15, 0.2) is 51.8 Å². The molecule has 34 heavy (non-hydrogen) atoms. The lowest BCUT2D eigenvalue weighted by atomic mass is 10.2. The Morgan fingerprint density at radius 2 is 1.82 bits per heavy atom. The highest BCUT2D eigenvalue weighted by Gasteiger charge is 2.39. The predicted molar refractivity (Wildman–Crippen MR) is 108 cm³/mol. The lowest BCUT2D eigenvalue weighted by molar-refractivity contribution is -0.207. The number of nitrogens with zero attached hydrogens (tertiary/aromatic N) is 5. The van der Waals surface area contributed by atoms with Gasteiger partial charge in [0.2, 0.25) is 11.7 Å². The first-order valence-electron chi connectivity index (χ1n) is 9.50. The summed E-state index contributed by atoms with van der Waals surface area (Å²) in [5, 5.41) is 17.4. The van der Waals surface area contributed by atoms with Crippen LogP contribution in [0.4, 0.5) is 22.0 Å². The Morgan fingerprint density at radius 1 is 1.12 bits per heavy atom. The molecule has 0 amide bonds. The Hall–Kier alpha value is -3.58. The zero-order valence-corrected chi connectivity index (χ0v) is 17.6. The Labute approximate surface area is 191 Å². The summed E-state index contributed by atoms with van der Waals surface area (Å²) in [6.07, 6.45) is -7.81. The van der Waals surface area contributed by atoms with Crippen molar-refractivity contribution in [3.05, 3.63) is 75.5 Å². The molecule has 0 saturated heterocycles. The van der Waals surface area contributed by atoms with Gasteiger partial charge in [0, 0.05) is 10.6 Å². The monoisotopic (exact) mass is 501 g/mol. The molecule has 1 atom stereocenters. The molecule has 0 saturated carbocycles. The molecule has 0 fully saturated rings. The summed E-state index contributed by atoms with van der Waals surface area (Å²) < 4.78 is 72.6. The largest absolute Gasteiger partial charge is 0.416 e. The number of rotatable bonds is 6.